The first-order chi connectivity index (χ1) is 9.31. The van der Waals surface area contributed by atoms with Crippen LogP contribution in [0.5, 0.6) is 0 Å². The van der Waals surface area contributed by atoms with Gasteiger partial charge >= 0.3 is 0 Å². The van der Waals surface area contributed by atoms with Gasteiger partial charge in [0.05, 0.1) is 18.1 Å². The minimum Gasteiger partial charge on any atom is -0.355 e. The van der Waals surface area contributed by atoms with E-state index >= 15 is 0 Å². The summed E-state index contributed by atoms with van der Waals surface area (Å²) in [5, 5.41) is 3.10. The van der Waals surface area contributed by atoms with Gasteiger partial charge in [0.2, 0.25) is 0 Å². The monoisotopic (exact) mass is 260 g/mol. The Morgan fingerprint density at radius 2 is 1.84 bits per heavy atom. The molecule has 0 atom stereocenters. The summed E-state index contributed by atoms with van der Waals surface area (Å²) in [5.41, 5.74) is 1.69. The lowest BCUT2D eigenvalue weighted by Crippen LogP contribution is -2.39. The van der Waals surface area contributed by atoms with Crippen LogP contribution in [-0.4, -0.2) is 30.1 Å². The van der Waals surface area contributed by atoms with E-state index in [0.717, 1.165) is 31.1 Å². The predicted octanol–water partition coefficient (Wildman–Crippen LogP) is 2.36. The van der Waals surface area contributed by atoms with E-state index in [0.29, 0.717) is 5.41 Å². The molecule has 19 heavy (non-hydrogen) atoms. The van der Waals surface area contributed by atoms with Crippen molar-refractivity contribution < 1.29 is 0 Å². The SMILES string of the molecule is CNCc1cnc(N2CCC3(CCCC3)CC2)cn1. The molecule has 0 aromatic carbocycles. The fourth-order valence-electron chi connectivity index (χ4n) is 3.62. The third-order valence-electron chi connectivity index (χ3n) is 4.86. The standard InChI is InChI=1S/C15H24N4/c1-16-10-13-11-18-14(12-17-13)19-8-6-15(7-9-19)4-2-3-5-15/h11-12,16H,2-10H2,1H3. The number of piperidine rings is 1. The zero-order chi connectivity index (χ0) is 13.1. The summed E-state index contributed by atoms with van der Waals surface area (Å²) in [6, 6.07) is 0. The number of nitrogens with zero attached hydrogens (tertiary/aromatic N) is 3. The van der Waals surface area contributed by atoms with Gasteiger partial charge in [0.15, 0.2) is 0 Å². The molecule has 1 aliphatic carbocycles. The minimum absolute atomic E-state index is 0.677. The van der Waals surface area contributed by atoms with Gasteiger partial charge in [-0.15, -0.1) is 0 Å². The van der Waals surface area contributed by atoms with E-state index in [4.69, 9.17) is 0 Å². The Balaban J connectivity index is 1.61. The molecule has 2 heterocycles. The van der Waals surface area contributed by atoms with Crippen molar-refractivity contribution in [3.8, 4) is 0 Å². The third kappa shape index (κ3) is 2.73. The summed E-state index contributed by atoms with van der Waals surface area (Å²) in [5.74, 6) is 1.05. The largest absolute Gasteiger partial charge is 0.355 e. The summed E-state index contributed by atoms with van der Waals surface area (Å²) in [6.07, 6.45) is 12.3. The number of aromatic nitrogens is 2. The van der Waals surface area contributed by atoms with Crippen LogP contribution >= 0.6 is 0 Å². The van der Waals surface area contributed by atoms with Crippen molar-refractivity contribution in [2.24, 2.45) is 5.41 Å². The van der Waals surface area contributed by atoms with Gasteiger partial charge in [0, 0.05) is 19.6 Å². The van der Waals surface area contributed by atoms with E-state index in [2.05, 4.69) is 20.2 Å². The predicted molar refractivity (Wildman–Crippen MR) is 77.1 cm³/mol. The normalized spacial score (nSPS) is 22.1. The van der Waals surface area contributed by atoms with Crippen LogP contribution < -0.4 is 10.2 Å². The van der Waals surface area contributed by atoms with Crippen molar-refractivity contribution in [2.45, 2.75) is 45.1 Å². The molecule has 0 radical (unpaired) electrons. The molecule has 1 N–H and O–H groups in total. The highest BCUT2D eigenvalue weighted by Crippen LogP contribution is 2.46. The number of hydrogen-bond acceptors (Lipinski definition) is 4. The number of anilines is 1. The molecular weight excluding hydrogens is 236 g/mol. The molecule has 1 saturated heterocycles. The van der Waals surface area contributed by atoms with Gasteiger partial charge in [0.1, 0.15) is 5.82 Å². The van der Waals surface area contributed by atoms with Gasteiger partial charge < -0.3 is 10.2 Å². The maximum atomic E-state index is 4.56. The molecule has 1 saturated carbocycles. The zero-order valence-corrected chi connectivity index (χ0v) is 11.9. The van der Waals surface area contributed by atoms with Gasteiger partial charge in [-0.3, -0.25) is 4.98 Å². The summed E-state index contributed by atoms with van der Waals surface area (Å²) in [7, 11) is 1.93. The highest BCUT2D eigenvalue weighted by atomic mass is 15.2. The molecule has 0 unspecified atom stereocenters. The smallest absolute Gasteiger partial charge is 0.147 e. The second kappa shape index (κ2) is 5.45. The summed E-state index contributed by atoms with van der Waals surface area (Å²) in [6.45, 7) is 3.09. The molecule has 1 spiro atoms. The Morgan fingerprint density at radius 1 is 1.11 bits per heavy atom. The van der Waals surface area contributed by atoms with Crippen molar-refractivity contribution in [3.63, 3.8) is 0 Å². The summed E-state index contributed by atoms with van der Waals surface area (Å²) >= 11 is 0. The van der Waals surface area contributed by atoms with E-state index < -0.39 is 0 Å². The van der Waals surface area contributed by atoms with Crippen molar-refractivity contribution in [2.75, 3.05) is 25.0 Å². The second-order valence-electron chi connectivity index (χ2n) is 6.09. The molecule has 1 aromatic rings. The maximum Gasteiger partial charge on any atom is 0.147 e. The van der Waals surface area contributed by atoms with E-state index in [1.54, 1.807) is 0 Å². The van der Waals surface area contributed by atoms with Gasteiger partial charge in [0.25, 0.3) is 0 Å². The molecule has 0 amide bonds. The maximum absolute atomic E-state index is 4.56. The molecule has 1 aromatic heterocycles. The van der Waals surface area contributed by atoms with Gasteiger partial charge in [-0.05, 0) is 38.1 Å². The van der Waals surface area contributed by atoms with E-state index in [-0.39, 0.29) is 0 Å². The van der Waals surface area contributed by atoms with Crippen LogP contribution in [0.3, 0.4) is 0 Å². The molecule has 1 aliphatic heterocycles. The Hall–Kier alpha value is -1.16. The topological polar surface area (TPSA) is 41.1 Å². The van der Waals surface area contributed by atoms with Crippen molar-refractivity contribution >= 4 is 5.82 Å². The van der Waals surface area contributed by atoms with Crippen molar-refractivity contribution in [3.05, 3.63) is 18.1 Å². The van der Waals surface area contributed by atoms with E-state index in [9.17, 15) is 0 Å². The molecular formula is C15H24N4. The summed E-state index contributed by atoms with van der Waals surface area (Å²) in [4.78, 5) is 11.4. The number of rotatable bonds is 3. The lowest BCUT2D eigenvalue weighted by Gasteiger charge is -2.39. The van der Waals surface area contributed by atoms with Crippen LogP contribution in [0.25, 0.3) is 0 Å². The molecule has 0 bridgehead atoms. The van der Waals surface area contributed by atoms with Gasteiger partial charge in [-0.2, -0.15) is 0 Å². The minimum atomic E-state index is 0.677. The molecule has 2 fully saturated rings. The zero-order valence-electron chi connectivity index (χ0n) is 11.9. The first-order valence-electron chi connectivity index (χ1n) is 7.52. The van der Waals surface area contributed by atoms with Crippen LogP contribution in [0.15, 0.2) is 12.4 Å². The number of hydrogen-bond donors (Lipinski definition) is 1. The van der Waals surface area contributed by atoms with Crippen LogP contribution in [0.4, 0.5) is 5.82 Å². The highest BCUT2D eigenvalue weighted by Gasteiger charge is 2.37. The summed E-state index contributed by atoms with van der Waals surface area (Å²) < 4.78 is 0. The Morgan fingerprint density at radius 3 is 2.42 bits per heavy atom. The van der Waals surface area contributed by atoms with Gasteiger partial charge in [-0.1, -0.05) is 12.8 Å². The van der Waals surface area contributed by atoms with Crippen LogP contribution in [0.2, 0.25) is 0 Å². The average molecular weight is 260 g/mol. The fraction of sp³-hybridized carbons (Fsp3) is 0.733. The average Bonchev–Trinajstić information content (AvgIpc) is 2.90. The van der Waals surface area contributed by atoms with Crippen molar-refractivity contribution in [1.82, 2.24) is 15.3 Å². The van der Waals surface area contributed by atoms with Crippen LogP contribution in [0.1, 0.15) is 44.2 Å². The fourth-order valence-corrected chi connectivity index (χ4v) is 3.62. The second-order valence-corrected chi connectivity index (χ2v) is 6.09. The van der Waals surface area contributed by atoms with E-state index in [1.807, 2.05) is 19.4 Å². The van der Waals surface area contributed by atoms with Gasteiger partial charge in [-0.25, -0.2) is 4.98 Å². The molecule has 4 heteroatoms. The lowest BCUT2D eigenvalue weighted by atomic mass is 9.77. The Labute approximate surface area is 115 Å². The first-order valence-corrected chi connectivity index (χ1v) is 7.52. The quantitative estimate of drug-likeness (QED) is 0.906. The molecule has 4 nitrogen and oxygen atoms in total. The molecule has 104 valence electrons. The van der Waals surface area contributed by atoms with E-state index in [1.165, 1.54) is 38.5 Å². The van der Waals surface area contributed by atoms with Crippen LogP contribution in [0, 0.1) is 5.41 Å². The lowest BCUT2D eigenvalue weighted by molar-refractivity contribution is 0.226. The Kier molecular flexibility index (Phi) is 3.69. The Bertz CT molecular complexity index is 399. The third-order valence-corrected chi connectivity index (χ3v) is 4.86. The molecule has 2 aliphatic rings. The first kappa shape index (κ1) is 12.9. The van der Waals surface area contributed by atoms with Crippen molar-refractivity contribution in [1.29, 1.82) is 0 Å². The highest BCUT2D eigenvalue weighted by molar-refractivity contribution is 5.36. The number of nitrogens with one attached hydrogen (secondary N) is 1. The molecule has 3 rings (SSSR count). The van der Waals surface area contributed by atoms with Crippen LogP contribution in [-0.2, 0) is 6.54 Å².